The Labute approximate surface area is 164 Å². The van der Waals surface area contributed by atoms with Gasteiger partial charge in [0.2, 0.25) is 0 Å². The second-order valence-corrected chi connectivity index (χ2v) is 9.30. The molecule has 3 rings (SSSR count). The van der Waals surface area contributed by atoms with Crippen LogP contribution >= 0.6 is 31.9 Å². The van der Waals surface area contributed by atoms with Crippen molar-refractivity contribution < 1.29 is 9.53 Å². The van der Waals surface area contributed by atoms with Gasteiger partial charge < -0.3 is 9.64 Å². The zero-order chi connectivity index (χ0) is 18.4. The fourth-order valence-electron chi connectivity index (χ4n) is 3.28. The van der Waals surface area contributed by atoms with Crippen LogP contribution in [0.4, 0.5) is 4.79 Å². The number of nitrogens with zero attached hydrogens (tertiary/aromatic N) is 3. The number of ether oxygens (including phenoxy) is 1. The first-order valence-corrected chi connectivity index (χ1v) is 10.0. The van der Waals surface area contributed by atoms with Gasteiger partial charge in [0.1, 0.15) is 5.60 Å². The Kier molecular flexibility index (Phi) is 5.17. The molecule has 2 heterocycles. The highest BCUT2D eigenvalue weighted by Gasteiger charge is 2.30. The number of aromatic nitrogens is 2. The van der Waals surface area contributed by atoms with E-state index in [0.29, 0.717) is 19.0 Å². The van der Waals surface area contributed by atoms with Crippen LogP contribution in [-0.2, 0) is 11.8 Å². The zero-order valence-electron chi connectivity index (χ0n) is 15.0. The van der Waals surface area contributed by atoms with Gasteiger partial charge in [-0.3, -0.25) is 4.68 Å². The van der Waals surface area contributed by atoms with E-state index in [-0.39, 0.29) is 6.09 Å². The maximum absolute atomic E-state index is 12.2. The van der Waals surface area contributed by atoms with Crippen molar-refractivity contribution in [2.75, 3.05) is 13.1 Å². The predicted octanol–water partition coefficient (Wildman–Crippen LogP) is 5.21. The summed E-state index contributed by atoms with van der Waals surface area (Å²) in [5, 5.41) is 5.94. The molecule has 1 amide bonds. The van der Waals surface area contributed by atoms with Gasteiger partial charge in [-0.15, -0.1) is 0 Å². The number of piperidine rings is 1. The summed E-state index contributed by atoms with van der Waals surface area (Å²) in [5.41, 5.74) is 1.76. The monoisotopic (exact) mass is 471 g/mol. The number of likely N-dealkylation sites (tertiary alicyclic amines) is 1. The van der Waals surface area contributed by atoms with Crippen LogP contribution in [0.15, 0.2) is 21.1 Å². The molecule has 0 bridgehead atoms. The lowest BCUT2D eigenvalue weighted by Crippen LogP contribution is -2.41. The molecule has 5 nitrogen and oxygen atoms in total. The Balaban J connectivity index is 1.78. The second-order valence-electron chi connectivity index (χ2n) is 7.53. The summed E-state index contributed by atoms with van der Waals surface area (Å²) in [4.78, 5) is 14.0. The van der Waals surface area contributed by atoms with Crippen LogP contribution in [0, 0.1) is 0 Å². The van der Waals surface area contributed by atoms with Crippen LogP contribution in [0.25, 0.3) is 10.9 Å². The summed E-state index contributed by atoms with van der Waals surface area (Å²) in [6.45, 7) is 7.09. The third-order valence-corrected chi connectivity index (χ3v) is 5.51. The van der Waals surface area contributed by atoms with Crippen LogP contribution in [-0.4, -0.2) is 39.5 Å². The number of rotatable bonds is 1. The number of hydrogen-bond donors (Lipinski definition) is 0. The SMILES string of the molecule is Cn1nc(C2CCN(C(=O)OC(C)(C)C)CC2)c2c(Br)cc(Br)cc21. The lowest BCUT2D eigenvalue weighted by molar-refractivity contribution is 0.0204. The summed E-state index contributed by atoms with van der Waals surface area (Å²) in [6.07, 6.45) is 1.57. The zero-order valence-corrected chi connectivity index (χ0v) is 18.1. The van der Waals surface area contributed by atoms with E-state index in [1.54, 1.807) is 4.90 Å². The molecular formula is C18H23Br2N3O2. The number of carbonyl (C=O) groups is 1. The predicted molar refractivity (Wildman–Crippen MR) is 106 cm³/mol. The number of halogens is 2. The molecule has 1 aliphatic heterocycles. The molecule has 1 fully saturated rings. The first kappa shape index (κ1) is 18.7. The topological polar surface area (TPSA) is 47.4 Å². The molecule has 0 N–H and O–H groups in total. The molecule has 0 saturated carbocycles. The van der Waals surface area contributed by atoms with Gasteiger partial charge in [-0.05, 0) is 61.7 Å². The number of aryl methyl sites for hydroxylation is 1. The van der Waals surface area contributed by atoms with Crippen LogP contribution in [0.2, 0.25) is 0 Å². The van der Waals surface area contributed by atoms with E-state index in [4.69, 9.17) is 9.84 Å². The third-order valence-electron chi connectivity index (χ3n) is 4.43. The largest absolute Gasteiger partial charge is 0.444 e. The normalized spacial score (nSPS) is 16.5. The van der Waals surface area contributed by atoms with Crippen LogP contribution in [0.1, 0.15) is 45.2 Å². The van der Waals surface area contributed by atoms with E-state index in [1.165, 1.54) is 5.39 Å². The second kappa shape index (κ2) is 6.91. The van der Waals surface area contributed by atoms with Gasteiger partial charge >= 0.3 is 6.09 Å². The summed E-state index contributed by atoms with van der Waals surface area (Å²) in [5.74, 6) is 0.347. The van der Waals surface area contributed by atoms with Gasteiger partial charge in [0, 0.05) is 40.4 Å². The minimum absolute atomic E-state index is 0.220. The molecule has 1 saturated heterocycles. The van der Waals surface area contributed by atoms with Gasteiger partial charge in [-0.1, -0.05) is 15.9 Å². The molecule has 0 aliphatic carbocycles. The van der Waals surface area contributed by atoms with E-state index in [1.807, 2.05) is 32.5 Å². The molecule has 1 aromatic carbocycles. The van der Waals surface area contributed by atoms with Gasteiger partial charge in [-0.2, -0.15) is 5.10 Å². The molecule has 25 heavy (non-hydrogen) atoms. The number of fused-ring (bicyclic) bond motifs is 1. The standard InChI is InChI=1S/C18H23Br2N3O2/c1-18(2,3)25-17(24)23-7-5-11(6-8-23)16-15-13(20)9-12(19)10-14(15)22(4)21-16/h9-11H,5-8H2,1-4H3. The molecule has 2 aromatic rings. The molecule has 1 aliphatic rings. The highest BCUT2D eigenvalue weighted by atomic mass is 79.9. The van der Waals surface area contributed by atoms with Crippen molar-refractivity contribution in [1.29, 1.82) is 0 Å². The van der Waals surface area contributed by atoms with E-state index < -0.39 is 5.60 Å². The lowest BCUT2D eigenvalue weighted by atomic mass is 9.92. The fourth-order valence-corrected chi connectivity index (χ4v) is 4.69. The smallest absolute Gasteiger partial charge is 0.410 e. The molecule has 136 valence electrons. The summed E-state index contributed by atoms with van der Waals surface area (Å²) >= 11 is 7.22. The number of amides is 1. The average molecular weight is 473 g/mol. The average Bonchev–Trinajstić information content (AvgIpc) is 2.83. The summed E-state index contributed by atoms with van der Waals surface area (Å²) in [7, 11) is 1.97. The number of carbonyl (C=O) groups excluding carboxylic acids is 1. The molecule has 0 unspecified atom stereocenters. The van der Waals surface area contributed by atoms with Crippen LogP contribution in [0.3, 0.4) is 0 Å². The molecule has 0 spiro atoms. The highest BCUT2D eigenvalue weighted by Crippen LogP contribution is 2.37. The van der Waals surface area contributed by atoms with Crippen molar-refractivity contribution in [3.63, 3.8) is 0 Å². The minimum atomic E-state index is -0.455. The van der Waals surface area contributed by atoms with E-state index in [9.17, 15) is 4.79 Å². The first-order valence-electron chi connectivity index (χ1n) is 8.45. The Hall–Kier alpha value is -1.08. The van der Waals surface area contributed by atoms with Crippen molar-refractivity contribution in [1.82, 2.24) is 14.7 Å². The van der Waals surface area contributed by atoms with Crippen molar-refractivity contribution >= 4 is 48.9 Å². The molecular weight excluding hydrogens is 450 g/mol. The van der Waals surface area contributed by atoms with Crippen LogP contribution in [0.5, 0.6) is 0 Å². The number of hydrogen-bond acceptors (Lipinski definition) is 3. The number of benzene rings is 1. The van der Waals surface area contributed by atoms with E-state index in [0.717, 1.165) is 33.0 Å². The Bertz CT molecular complexity index is 803. The summed E-state index contributed by atoms with van der Waals surface area (Å²) < 4.78 is 9.49. The third kappa shape index (κ3) is 4.03. The van der Waals surface area contributed by atoms with Crippen molar-refractivity contribution in [3.05, 3.63) is 26.8 Å². The quantitative estimate of drug-likeness (QED) is 0.572. The van der Waals surface area contributed by atoms with Gasteiger partial charge in [0.25, 0.3) is 0 Å². The fraction of sp³-hybridized carbons (Fsp3) is 0.556. The van der Waals surface area contributed by atoms with E-state index >= 15 is 0 Å². The van der Waals surface area contributed by atoms with Crippen LogP contribution < -0.4 is 0 Å². The van der Waals surface area contributed by atoms with Gasteiger partial charge in [-0.25, -0.2) is 4.79 Å². The Morgan fingerprint density at radius 2 is 1.88 bits per heavy atom. The maximum Gasteiger partial charge on any atom is 0.410 e. The lowest BCUT2D eigenvalue weighted by Gasteiger charge is -2.33. The molecule has 7 heteroatoms. The van der Waals surface area contributed by atoms with Crippen molar-refractivity contribution in [2.45, 2.75) is 45.1 Å². The van der Waals surface area contributed by atoms with Crippen molar-refractivity contribution in [3.8, 4) is 0 Å². The molecule has 1 aromatic heterocycles. The Morgan fingerprint density at radius 3 is 2.48 bits per heavy atom. The van der Waals surface area contributed by atoms with Gasteiger partial charge in [0.05, 0.1) is 11.2 Å². The maximum atomic E-state index is 12.2. The van der Waals surface area contributed by atoms with Crippen molar-refractivity contribution in [2.24, 2.45) is 7.05 Å². The Morgan fingerprint density at radius 1 is 1.24 bits per heavy atom. The summed E-state index contributed by atoms with van der Waals surface area (Å²) in [6, 6.07) is 4.15. The molecule has 0 radical (unpaired) electrons. The molecule has 0 atom stereocenters. The first-order chi connectivity index (χ1) is 11.7. The van der Waals surface area contributed by atoms with Gasteiger partial charge in [0.15, 0.2) is 0 Å². The highest BCUT2D eigenvalue weighted by molar-refractivity contribution is 9.11. The van der Waals surface area contributed by atoms with E-state index in [2.05, 4.69) is 44.0 Å². The minimum Gasteiger partial charge on any atom is -0.444 e.